The third-order valence-electron chi connectivity index (χ3n) is 5.02. The molecule has 1 amide bonds. The number of nitrogens with zero attached hydrogens (tertiary/aromatic N) is 1. The second kappa shape index (κ2) is 6.22. The molecule has 1 aromatic carbocycles. The fourth-order valence-electron chi connectivity index (χ4n) is 3.70. The largest absolute Gasteiger partial charge is 0.481 e. The van der Waals surface area contributed by atoms with E-state index >= 15 is 0 Å². The standard InChI is InChI=1S/C18H23NO4/c1-13(10-14-6-3-2-4-7-14)23-17(22)19-9-5-8-18(12-19)11-15(18)16(20)21/h2-4,6-7,13,15H,5,8-12H2,1H3,(H,20,21). The summed E-state index contributed by atoms with van der Waals surface area (Å²) in [6, 6.07) is 9.93. The molecular weight excluding hydrogens is 294 g/mol. The average Bonchev–Trinajstić information content (AvgIpc) is 3.21. The van der Waals surface area contributed by atoms with E-state index in [1.165, 1.54) is 0 Å². The second-order valence-corrected chi connectivity index (χ2v) is 6.87. The Balaban J connectivity index is 1.53. The van der Waals surface area contributed by atoms with Gasteiger partial charge in [-0.15, -0.1) is 0 Å². The van der Waals surface area contributed by atoms with E-state index in [0.29, 0.717) is 25.9 Å². The zero-order valence-corrected chi connectivity index (χ0v) is 13.4. The number of carboxylic acid groups (broad SMARTS) is 1. The highest BCUT2D eigenvalue weighted by atomic mass is 16.6. The zero-order chi connectivity index (χ0) is 16.4. The van der Waals surface area contributed by atoms with Gasteiger partial charge in [-0.25, -0.2) is 4.79 Å². The Morgan fingerprint density at radius 3 is 2.78 bits per heavy atom. The minimum absolute atomic E-state index is 0.197. The number of benzene rings is 1. The van der Waals surface area contributed by atoms with Crippen molar-refractivity contribution in [3.8, 4) is 0 Å². The summed E-state index contributed by atoms with van der Waals surface area (Å²) in [7, 11) is 0. The van der Waals surface area contributed by atoms with Gasteiger partial charge in [0.05, 0.1) is 5.92 Å². The van der Waals surface area contributed by atoms with Gasteiger partial charge in [-0.3, -0.25) is 4.79 Å². The van der Waals surface area contributed by atoms with Crippen LogP contribution >= 0.6 is 0 Å². The molecule has 2 fully saturated rings. The van der Waals surface area contributed by atoms with Crippen LogP contribution in [0.25, 0.3) is 0 Å². The van der Waals surface area contributed by atoms with Crippen LogP contribution in [0.1, 0.15) is 31.7 Å². The molecule has 1 saturated carbocycles. The van der Waals surface area contributed by atoms with Crippen LogP contribution in [0, 0.1) is 11.3 Å². The lowest BCUT2D eigenvalue weighted by Crippen LogP contribution is -2.43. The summed E-state index contributed by atoms with van der Waals surface area (Å²) in [5, 5.41) is 9.17. The van der Waals surface area contributed by atoms with Gasteiger partial charge in [0.25, 0.3) is 0 Å². The van der Waals surface area contributed by atoms with Gasteiger partial charge in [-0.05, 0) is 31.7 Å². The summed E-state index contributed by atoms with van der Waals surface area (Å²) in [5.41, 5.74) is 0.933. The van der Waals surface area contributed by atoms with Crippen molar-refractivity contribution < 1.29 is 19.4 Å². The van der Waals surface area contributed by atoms with Crippen LogP contribution in [0.5, 0.6) is 0 Å². The van der Waals surface area contributed by atoms with Crippen molar-refractivity contribution in [2.75, 3.05) is 13.1 Å². The zero-order valence-electron chi connectivity index (χ0n) is 13.4. The van der Waals surface area contributed by atoms with Gasteiger partial charge in [0.1, 0.15) is 6.10 Å². The number of rotatable bonds is 4. The van der Waals surface area contributed by atoms with Crippen molar-refractivity contribution in [1.82, 2.24) is 4.90 Å². The average molecular weight is 317 g/mol. The van der Waals surface area contributed by atoms with Crippen LogP contribution in [0.2, 0.25) is 0 Å². The number of likely N-dealkylation sites (tertiary alicyclic amines) is 1. The molecular formula is C18H23NO4. The summed E-state index contributed by atoms with van der Waals surface area (Å²) in [5.74, 6) is -1.03. The number of aliphatic carboxylic acids is 1. The van der Waals surface area contributed by atoms with Gasteiger partial charge < -0.3 is 14.7 Å². The van der Waals surface area contributed by atoms with Crippen LogP contribution in [0.15, 0.2) is 30.3 Å². The van der Waals surface area contributed by atoms with Crippen LogP contribution in [0.3, 0.4) is 0 Å². The van der Waals surface area contributed by atoms with Crippen molar-refractivity contribution in [1.29, 1.82) is 0 Å². The number of amides is 1. The van der Waals surface area contributed by atoms with Crippen LogP contribution in [0.4, 0.5) is 4.79 Å². The van der Waals surface area contributed by atoms with E-state index in [2.05, 4.69) is 0 Å². The molecule has 1 heterocycles. The van der Waals surface area contributed by atoms with Gasteiger partial charge in [0.15, 0.2) is 0 Å². The Labute approximate surface area is 136 Å². The minimum Gasteiger partial charge on any atom is -0.481 e. The van der Waals surface area contributed by atoms with Gasteiger partial charge in [-0.2, -0.15) is 0 Å². The van der Waals surface area contributed by atoms with E-state index in [1.807, 2.05) is 37.3 Å². The molecule has 124 valence electrons. The lowest BCUT2D eigenvalue weighted by atomic mass is 9.92. The number of hydrogen-bond donors (Lipinski definition) is 1. The molecule has 2 aliphatic rings. The van der Waals surface area contributed by atoms with Gasteiger partial charge in [0.2, 0.25) is 0 Å². The van der Waals surface area contributed by atoms with Gasteiger partial charge in [0, 0.05) is 24.9 Å². The second-order valence-electron chi connectivity index (χ2n) is 6.87. The van der Waals surface area contributed by atoms with Crippen molar-refractivity contribution in [2.45, 2.75) is 38.7 Å². The molecule has 3 unspecified atom stereocenters. The molecule has 0 bridgehead atoms. The predicted molar refractivity (Wildman–Crippen MR) is 85.1 cm³/mol. The van der Waals surface area contributed by atoms with E-state index in [9.17, 15) is 14.7 Å². The number of carboxylic acids is 1. The van der Waals surface area contributed by atoms with E-state index in [1.54, 1.807) is 4.90 Å². The molecule has 0 radical (unpaired) electrons. The summed E-state index contributed by atoms with van der Waals surface area (Å²) in [6.07, 6.45) is 2.61. The molecule has 5 nitrogen and oxygen atoms in total. The first kappa shape index (κ1) is 15.8. The Hall–Kier alpha value is -2.04. The molecule has 1 aliphatic carbocycles. The monoisotopic (exact) mass is 317 g/mol. The van der Waals surface area contributed by atoms with E-state index in [-0.39, 0.29) is 23.5 Å². The third kappa shape index (κ3) is 3.49. The number of carbonyl (C=O) groups excluding carboxylic acids is 1. The lowest BCUT2D eigenvalue weighted by molar-refractivity contribution is -0.139. The Bertz CT molecular complexity index is 588. The normalized spacial score (nSPS) is 27.5. The highest BCUT2D eigenvalue weighted by molar-refractivity contribution is 5.75. The third-order valence-corrected chi connectivity index (χ3v) is 5.02. The van der Waals surface area contributed by atoms with Crippen molar-refractivity contribution in [3.63, 3.8) is 0 Å². The quantitative estimate of drug-likeness (QED) is 0.927. The summed E-state index contributed by atoms with van der Waals surface area (Å²) >= 11 is 0. The summed E-state index contributed by atoms with van der Waals surface area (Å²) in [4.78, 5) is 25.2. The van der Waals surface area contributed by atoms with E-state index < -0.39 is 5.97 Å². The van der Waals surface area contributed by atoms with Crippen LogP contribution < -0.4 is 0 Å². The maximum Gasteiger partial charge on any atom is 0.410 e. The van der Waals surface area contributed by atoms with E-state index in [0.717, 1.165) is 18.4 Å². The van der Waals surface area contributed by atoms with Gasteiger partial charge in [-0.1, -0.05) is 30.3 Å². The molecule has 1 aromatic rings. The van der Waals surface area contributed by atoms with Gasteiger partial charge >= 0.3 is 12.1 Å². The van der Waals surface area contributed by atoms with Crippen molar-refractivity contribution in [3.05, 3.63) is 35.9 Å². The Morgan fingerprint density at radius 2 is 2.13 bits per heavy atom. The van der Waals surface area contributed by atoms with Crippen molar-refractivity contribution in [2.24, 2.45) is 11.3 Å². The molecule has 3 atom stereocenters. The maximum absolute atomic E-state index is 12.3. The fourth-order valence-corrected chi connectivity index (χ4v) is 3.70. The minimum atomic E-state index is -0.738. The highest BCUT2D eigenvalue weighted by Crippen LogP contribution is 2.58. The lowest BCUT2D eigenvalue weighted by Gasteiger charge is -2.33. The predicted octanol–water partition coefficient (Wildman–Crippen LogP) is 2.94. The molecule has 1 spiro atoms. The molecule has 1 saturated heterocycles. The first-order valence-electron chi connectivity index (χ1n) is 8.22. The Morgan fingerprint density at radius 1 is 1.39 bits per heavy atom. The molecule has 23 heavy (non-hydrogen) atoms. The number of hydrogen-bond acceptors (Lipinski definition) is 3. The van der Waals surface area contributed by atoms with E-state index in [4.69, 9.17) is 4.74 Å². The molecule has 3 rings (SSSR count). The summed E-state index contributed by atoms with van der Waals surface area (Å²) in [6.45, 7) is 3.06. The Kier molecular flexibility index (Phi) is 4.28. The number of carbonyl (C=O) groups is 2. The first-order valence-corrected chi connectivity index (χ1v) is 8.22. The summed E-state index contributed by atoms with van der Waals surface area (Å²) < 4.78 is 5.55. The number of piperidine rings is 1. The molecule has 1 aliphatic heterocycles. The molecule has 5 heteroatoms. The topological polar surface area (TPSA) is 66.8 Å². The fraction of sp³-hybridized carbons (Fsp3) is 0.556. The molecule has 1 N–H and O–H groups in total. The van der Waals surface area contributed by atoms with Crippen LogP contribution in [-0.2, 0) is 16.0 Å². The molecule has 0 aromatic heterocycles. The SMILES string of the molecule is CC(Cc1ccccc1)OC(=O)N1CCCC2(CC2C(=O)O)C1. The maximum atomic E-state index is 12.3. The number of ether oxygens (including phenoxy) is 1. The highest BCUT2D eigenvalue weighted by Gasteiger charge is 2.60. The first-order chi connectivity index (χ1) is 11.0. The van der Waals surface area contributed by atoms with Crippen molar-refractivity contribution >= 4 is 12.1 Å². The van der Waals surface area contributed by atoms with Crippen LogP contribution in [-0.4, -0.2) is 41.3 Å². The smallest absolute Gasteiger partial charge is 0.410 e.